The molecule has 14 heavy (non-hydrogen) atoms. The summed E-state index contributed by atoms with van der Waals surface area (Å²) in [7, 11) is 3.04. The molecular formula is C10H13ClO3. The van der Waals surface area contributed by atoms with E-state index in [1.807, 2.05) is 0 Å². The zero-order valence-corrected chi connectivity index (χ0v) is 9.13. The number of hydrogen-bond acceptors (Lipinski definition) is 3. The lowest BCUT2D eigenvalue weighted by atomic mass is 10.1. The minimum Gasteiger partial charge on any atom is -0.495 e. The molecule has 0 spiro atoms. The maximum Gasteiger partial charge on any atom is 0.147 e. The Hall–Kier alpha value is -0.930. The van der Waals surface area contributed by atoms with E-state index in [4.69, 9.17) is 21.1 Å². The van der Waals surface area contributed by atoms with Crippen molar-refractivity contribution < 1.29 is 14.6 Å². The Kier molecular flexibility index (Phi) is 3.61. The van der Waals surface area contributed by atoms with Crippen molar-refractivity contribution in [2.45, 2.75) is 13.0 Å². The van der Waals surface area contributed by atoms with Crippen LogP contribution in [0.3, 0.4) is 0 Å². The molecule has 0 amide bonds. The molecule has 0 radical (unpaired) electrons. The predicted octanol–water partition coefficient (Wildman–Crippen LogP) is 2.41. The molecule has 78 valence electrons. The molecule has 1 rings (SSSR count). The number of methoxy groups -OCH3 is 2. The lowest BCUT2D eigenvalue weighted by molar-refractivity contribution is 0.194. The molecule has 1 aromatic rings. The standard InChI is InChI=1S/C10H13ClO3/c1-6(12)7-4-5-8(13-2)9(11)10(7)14-3/h4-6,12H,1-3H3/t6-/m1/s1. The summed E-state index contributed by atoms with van der Waals surface area (Å²) in [5.74, 6) is 0.994. The summed E-state index contributed by atoms with van der Waals surface area (Å²) in [6, 6.07) is 3.43. The topological polar surface area (TPSA) is 38.7 Å². The van der Waals surface area contributed by atoms with Crippen LogP contribution in [0.5, 0.6) is 11.5 Å². The van der Waals surface area contributed by atoms with Crippen LogP contribution < -0.4 is 9.47 Å². The van der Waals surface area contributed by atoms with E-state index in [0.29, 0.717) is 22.1 Å². The molecular weight excluding hydrogens is 204 g/mol. The molecule has 0 aliphatic carbocycles. The van der Waals surface area contributed by atoms with Crippen molar-refractivity contribution >= 4 is 11.6 Å². The fourth-order valence-corrected chi connectivity index (χ4v) is 1.57. The summed E-state index contributed by atoms with van der Waals surface area (Å²) in [5, 5.41) is 9.83. The molecule has 0 bridgehead atoms. The predicted molar refractivity (Wildman–Crippen MR) is 55.2 cm³/mol. The van der Waals surface area contributed by atoms with Crippen LogP contribution in [0.2, 0.25) is 5.02 Å². The van der Waals surface area contributed by atoms with E-state index in [2.05, 4.69) is 0 Å². The van der Waals surface area contributed by atoms with Crippen molar-refractivity contribution in [2.75, 3.05) is 14.2 Å². The summed E-state index contributed by atoms with van der Waals surface area (Å²) in [4.78, 5) is 0. The maximum absolute atomic E-state index is 9.44. The van der Waals surface area contributed by atoms with Crippen molar-refractivity contribution in [2.24, 2.45) is 0 Å². The normalized spacial score (nSPS) is 12.4. The second kappa shape index (κ2) is 4.53. The summed E-state index contributed by atoms with van der Waals surface area (Å²) < 4.78 is 10.1. The third kappa shape index (κ3) is 1.94. The van der Waals surface area contributed by atoms with Crippen LogP contribution in [0.1, 0.15) is 18.6 Å². The lowest BCUT2D eigenvalue weighted by Crippen LogP contribution is -1.98. The van der Waals surface area contributed by atoms with Gasteiger partial charge < -0.3 is 14.6 Å². The summed E-state index contributed by atoms with van der Waals surface area (Å²) in [6.07, 6.45) is -0.617. The first-order valence-corrected chi connectivity index (χ1v) is 4.58. The average molecular weight is 217 g/mol. The highest BCUT2D eigenvalue weighted by Gasteiger charge is 2.15. The first-order valence-electron chi connectivity index (χ1n) is 4.20. The van der Waals surface area contributed by atoms with Gasteiger partial charge in [0.2, 0.25) is 0 Å². The Labute approximate surface area is 88.2 Å². The SMILES string of the molecule is COc1ccc([C@@H](C)O)c(OC)c1Cl. The second-order valence-electron chi connectivity index (χ2n) is 2.88. The Bertz CT molecular complexity index is 323. The van der Waals surface area contributed by atoms with E-state index in [0.717, 1.165) is 0 Å². The number of aliphatic hydroxyl groups is 1. The Morgan fingerprint density at radius 1 is 1.29 bits per heavy atom. The van der Waals surface area contributed by atoms with Crippen molar-refractivity contribution in [1.82, 2.24) is 0 Å². The van der Waals surface area contributed by atoms with Gasteiger partial charge in [-0.15, -0.1) is 0 Å². The van der Waals surface area contributed by atoms with Crippen molar-refractivity contribution in [3.8, 4) is 11.5 Å². The van der Waals surface area contributed by atoms with Crippen molar-refractivity contribution in [3.05, 3.63) is 22.7 Å². The largest absolute Gasteiger partial charge is 0.495 e. The van der Waals surface area contributed by atoms with Crippen LogP contribution in [-0.2, 0) is 0 Å². The Morgan fingerprint density at radius 2 is 1.93 bits per heavy atom. The van der Waals surface area contributed by atoms with Gasteiger partial charge in [-0.05, 0) is 19.1 Å². The van der Waals surface area contributed by atoms with E-state index in [1.165, 1.54) is 14.2 Å². The average Bonchev–Trinajstić information content (AvgIpc) is 2.17. The van der Waals surface area contributed by atoms with Gasteiger partial charge in [-0.25, -0.2) is 0 Å². The quantitative estimate of drug-likeness (QED) is 0.844. The van der Waals surface area contributed by atoms with E-state index >= 15 is 0 Å². The summed E-state index contributed by atoms with van der Waals surface area (Å²) >= 11 is 6.00. The van der Waals surface area contributed by atoms with E-state index < -0.39 is 6.10 Å². The fourth-order valence-electron chi connectivity index (χ4n) is 1.25. The highest BCUT2D eigenvalue weighted by Crippen LogP contribution is 2.39. The number of ether oxygens (including phenoxy) is 2. The molecule has 3 nitrogen and oxygen atoms in total. The zero-order chi connectivity index (χ0) is 10.7. The van der Waals surface area contributed by atoms with Gasteiger partial charge >= 0.3 is 0 Å². The molecule has 0 aliphatic rings. The minimum absolute atomic E-state index is 0.383. The van der Waals surface area contributed by atoms with Crippen molar-refractivity contribution in [1.29, 1.82) is 0 Å². The smallest absolute Gasteiger partial charge is 0.147 e. The molecule has 0 saturated heterocycles. The van der Waals surface area contributed by atoms with Crippen LogP contribution in [-0.4, -0.2) is 19.3 Å². The van der Waals surface area contributed by atoms with Gasteiger partial charge in [-0.2, -0.15) is 0 Å². The second-order valence-corrected chi connectivity index (χ2v) is 3.26. The van der Waals surface area contributed by atoms with Crippen LogP contribution in [0.15, 0.2) is 12.1 Å². The Morgan fingerprint density at radius 3 is 2.36 bits per heavy atom. The van der Waals surface area contributed by atoms with Crippen LogP contribution >= 0.6 is 11.6 Å². The number of benzene rings is 1. The van der Waals surface area contributed by atoms with Crippen molar-refractivity contribution in [3.63, 3.8) is 0 Å². The monoisotopic (exact) mass is 216 g/mol. The van der Waals surface area contributed by atoms with Gasteiger partial charge in [0, 0.05) is 5.56 Å². The molecule has 1 atom stereocenters. The molecule has 0 aliphatic heterocycles. The van der Waals surface area contributed by atoms with E-state index in [1.54, 1.807) is 19.1 Å². The fraction of sp³-hybridized carbons (Fsp3) is 0.400. The van der Waals surface area contributed by atoms with Gasteiger partial charge in [0.15, 0.2) is 0 Å². The van der Waals surface area contributed by atoms with Crippen LogP contribution in [0.25, 0.3) is 0 Å². The molecule has 0 unspecified atom stereocenters. The van der Waals surface area contributed by atoms with E-state index in [9.17, 15) is 5.11 Å². The third-order valence-electron chi connectivity index (χ3n) is 1.97. The molecule has 4 heteroatoms. The van der Waals surface area contributed by atoms with E-state index in [-0.39, 0.29) is 0 Å². The van der Waals surface area contributed by atoms with Crippen LogP contribution in [0.4, 0.5) is 0 Å². The molecule has 0 fully saturated rings. The highest BCUT2D eigenvalue weighted by molar-refractivity contribution is 6.33. The molecule has 0 aromatic heterocycles. The van der Waals surface area contributed by atoms with Gasteiger partial charge in [0.05, 0.1) is 20.3 Å². The lowest BCUT2D eigenvalue weighted by Gasteiger charge is -2.14. The summed E-state index contributed by atoms with van der Waals surface area (Å²) in [6.45, 7) is 1.65. The number of halogens is 1. The zero-order valence-electron chi connectivity index (χ0n) is 8.37. The third-order valence-corrected chi connectivity index (χ3v) is 2.32. The van der Waals surface area contributed by atoms with Crippen LogP contribution in [0, 0.1) is 0 Å². The van der Waals surface area contributed by atoms with Gasteiger partial charge in [-0.3, -0.25) is 0 Å². The van der Waals surface area contributed by atoms with Gasteiger partial charge in [-0.1, -0.05) is 11.6 Å². The first-order chi connectivity index (χ1) is 6.61. The molecule has 0 heterocycles. The molecule has 0 saturated carbocycles. The molecule has 1 N–H and O–H groups in total. The highest BCUT2D eigenvalue weighted by atomic mass is 35.5. The summed E-state index contributed by atoms with van der Waals surface area (Å²) in [5.41, 5.74) is 0.651. The van der Waals surface area contributed by atoms with Gasteiger partial charge in [0.25, 0.3) is 0 Å². The first kappa shape index (κ1) is 11.1. The Balaban J connectivity index is 3.28. The number of aliphatic hydroxyl groups excluding tert-OH is 1. The molecule has 1 aromatic carbocycles. The minimum atomic E-state index is -0.617. The number of hydrogen-bond donors (Lipinski definition) is 1. The number of rotatable bonds is 3. The van der Waals surface area contributed by atoms with Gasteiger partial charge in [0.1, 0.15) is 16.5 Å². The maximum atomic E-state index is 9.44.